The van der Waals surface area contributed by atoms with Crippen LogP contribution in [0, 0.1) is 0 Å². The molecule has 3 nitrogen and oxygen atoms in total. The van der Waals surface area contributed by atoms with Gasteiger partial charge in [-0.15, -0.1) is 0 Å². The maximum Gasteiger partial charge on any atom is 0.0691 e. The molecule has 3 atom stereocenters. The number of hydrogen-bond donors (Lipinski definition) is 1. The summed E-state index contributed by atoms with van der Waals surface area (Å²) in [5.74, 6) is 1.14. The Bertz CT molecular complexity index is 363. The van der Waals surface area contributed by atoms with Crippen LogP contribution >= 0.6 is 0 Å². The number of rotatable bonds is 5. The molecular weight excluding hydrogens is 234 g/mol. The first kappa shape index (κ1) is 12.7. The number of hydrogen-bond acceptors (Lipinski definition) is 3. The minimum atomic E-state index is -0.890. The lowest BCUT2D eigenvalue weighted by molar-refractivity contribution is 0.128. The Hall–Kier alpha value is -0.710. The largest absolute Gasteiger partial charge is 0.377 e. The van der Waals surface area contributed by atoms with E-state index in [1.54, 1.807) is 0 Å². The highest BCUT2D eigenvalue weighted by Crippen LogP contribution is 2.15. The van der Waals surface area contributed by atoms with Crippen molar-refractivity contribution in [1.29, 1.82) is 0 Å². The summed E-state index contributed by atoms with van der Waals surface area (Å²) in [6, 6.07) is 9.69. The molecule has 94 valence electrons. The zero-order chi connectivity index (χ0) is 12.1. The van der Waals surface area contributed by atoms with Crippen LogP contribution in [-0.4, -0.2) is 28.4 Å². The van der Waals surface area contributed by atoms with E-state index in [1.165, 1.54) is 0 Å². The van der Waals surface area contributed by atoms with E-state index in [-0.39, 0.29) is 12.1 Å². The van der Waals surface area contributed by atoms with Crippen molar-refractivity contribution in [2.75, 3.05) is 18.1 Å². The minimum absolute atomic E-state index is 0.140. The summed E-state index contributed by atoms with van der Waals surface area (Å²) >= 11 is 0. The molecule has 1 aliphatic rings. The normalized spacial score (nSPS) is 23.5. The molecule has 0 saturated carbocycles. The van der Waals surface area contributed by atoms with Gasteiger partial charge in [-0.2, -0.15) is 0 Å². The van der Waals surface area contributed by atoms with Crippen LogP contribution in [0.25, 0.3) is 0 Å². The molecule has 2 N–H and O–H groups in total. The molecular formula is C13H19NO2S. The summed E-state index contributed by atoms with van der Waals surface area (Å²) in [6.07, 6.45) is 2.30. The highest BCUT2D eigenvalue weighted by Gasteiger charge is 2.19. The molecule has 1 saturated heterocycles. The second kappa shape index (κ2) is 6.28. The Kier molecular flexibility index (Phi) is 4.71. The van der Waals surface area contributed by atoms with Crippen LogP contribution in [0.15, 0.2) is 30.3 Å². The fraction of sp³-hybridized carbons (Fsp3) is 0.538. The summed E-state index contributed by atoms with van der Waals surface area (Å²) in [5.41, 5.74) is 7.09. The maximum absolute atomic E-state index is 11.9. The number of nitrogens with two attached hydrogens (primary N) is 1. The van der Waals surface area contributed by atoms with Gasteiger partial charge < -0.3 is 10.5 Å². The van der Waals surface area contributed by atoms with Gasteiger partial charge in [-0.25, -0.2) is 0 Å². The van der Waals surface area contributed by atoms with Gasteiger partial charge in [0.05, 0.1) is 6.10 Å². The molecule has 2 rings (SSSR count). The van der Waals surface area contributed by atoms with Crippen molar-refractivity contribution in [3.05, 3.63) is 35.9 Å². The number of ether oxygens (including phenoxy) is 1. The first-order valence-corrected chi connectivity index (χ1v) is 7.51. The first-order chi connectivity index (χ1) is 8.25. The van der Waals surface area contributed by atoms with Gasteiger partial charge in [-0.05, 0) is 18.4 Å². The lowest BCUT2D eigenvalue weighted by Gasteiger charge is -2.13. The Labute approximate surface area is 105 Å². The van der Waals surface area contributed by atoms with E-state index in [0.717, 1.165) is 25.0 Å². The monoisotopic (exact) mass is 253 g/mol. The third kappa shape index (κ3) is 3.91. The van der Waals surface area contributed by atoms with E-state index in [4.69, 9.17) is 10.5 Å². The van der Waals surface area contributed by atoms with Crippen LogP contribution in [0.4, 0.5) is 0 Å². The van der Waals surface area contributed by atoms with E-state index in [1.807, 2.05) is 30.3 Å². The zero-order valence-corrected chi connectivity index (χ0v) is 10.7. The topological polar surface area (TPSA) is 52.3 Å². The predicted molar refractivity (Wildman–Crippen MR) is 70.2 cm³/mol. The quantitative estimate of drug-likeness (QED) is 0.867. The SMILES string of the molecule is NC(CS(=O)CC1CCCO1)c1ccccc1. The third-order valence-electron chi connectivity index (χ3n) is 2.99. The average molecular weight is 253 g/mol. The van der Waals surface area contributed by atoms with Crippen molar-refractivity contribution >= 4 is 10.8 Å². The van der Waals surface area contributed by atoms with E-state index < -0.39 is 10.8 Å². The summed E-state index contributed by atoms with van der Waals surface area (Å²) in [6.45, 7) is 0.812. The molecule has 1 heterocycles. The lowest BCUT2D eigenvalue weighted by Crippen LogP contribution is -2.24. The Morgan fingerprint density at radius 1 is 1.41 bits per heavy atom. The summed E-state index contributed by atoms with van der Waals surface area (Å²) in [7, 11) is -0.890. The fourth-order valence-corrected chi connectivity index (χ4v) is 3.45. The van der Waals surface area contributed by atoms with Crippen LogP contribution in [0.1, 0.15) is 24.4 Å². The summed E-state index contributed by atoms with van der Waals surface area (Å²) < 4.78 is 17.4. The van der Waals surface area contributed by atoms with E-state index in [0.29, 0.717) is 11.5 Å². The van der Waals surface area contributed by atoms with Gasteiger partial charge in [-0.1, -0.05) is 30.3 Å². The minimum Gasteiger partial charge on any atom is -0.377 e. The van der Waals surface area contributed by atoms with Crippen molar-refractivity contribution in [1.82, 2.24) is 0 Å². The maximum atomic E-state index is 11.9. The van der Waals surface area contributed by atoms with Gasteiger partial charge in [0, 0.05) is 35.0 Å². The third-order valence-corrected chi connectivity index (χ3v) is 4.46. The highest BCUT2D eigenvalue weighted by atomic mass is 32.2. The molecule has 0 amide bonds. The van der Waals surface area contributed by atoms with Gasteiger partial charge in [0.2, 0.25) is 0 Å². The summed E-state index contributed by atoms with van der Waals surface area (Å²) in [5, 5.41) is 0. The molecule has 4 heteroatoms. The van der Waals surface area contributed by atoms with Crippen LogP contribution in [-0.2, 0) is 15.5 Å². The van der Waals surface area contributed by atoms with Crippen molar-refractivity contribution in [2.24, 2.45) is 5.73 Å². The van der Waals surface area contributed by atoms with E-state index in [2.05, 4.69) is 0 Å². The Morgan fingerprint density at radius 3 is 2.82 bits per heavy atom. The highest BCUT2D eigenvalue weighted by molar-refractivity contribution is 7.85. The molecule has 1 aromatic rings. The molecule has 0 bridgehead atoms. The predicted octanol–water partition coefficient (Wildman–Crippen LogP) is 1.61. The lowest BCUT2D eigenvalue weighted by atomic mass is 10.1. The first-order valence-electron chi connectivity index (χ1n) is 6.03. The smallest absolute Gasteiger partial charge is 0.0691 e. The molecule has 1 aliphatic heterocycles. The van der Waals surface area contributed by atoms with Gasteiger partial charge in [-0.3, -0.25) is 4.21 Å². The van der Waals surface area contributed by atoms with Crippen molar-refractivity contribution < 1.29 is 8.95 Å². The van der Waals surface area contributed by atoms with Gasteiger partial charge in [0.15, 0.2) is 0 Å². The summed E-state index contributed by atoms with van der Waals surface area (Å²) in [4.78, 5) is 0. The molecule has 0 spiro atoms. The molecule has 0 aromatic heterocycles. The molecule has 3 unspecified atom stereocenters. The van der Waals surface area contributed by atoms with Crippen molar-refractivity contribution in [3.8, 4) is 0 Å². The Morgan fingerprint density at radius 2 is 2.18 bits per heavy atom. The van der Waals surface area contributed by atoms with Crippen LogP contribution in [0.5, 0.6) is 0 Å². The van der Waals surface area contributed by atoms with Gasteiger partial charge in [0.25, 0.3) is 0 Å². The van der Waals surface area contributed by atoms with Crippen molar-refractivity contribution in [3.63, 3.8) is 0 Å². The second-order valence-electron chi connectivity index (χ2n) is 4.43. The van der Waals surface area contributed by atoms with Crippen molar-refractivity contribution in [2.45, 2.75) is 25.0 Å². The fourth-order valence-electron chi connectivity index (χ4n) is 2.05. The molecule has 1 fully saturated rings. The van der Waals surface area contributed by atoms with Crippen LogP contribution < -0.4 is 5.73 Å². The molecule has 17 heavy (non-hydrogen) atoms. The van der Waals surface area contributed by atoms with Crippen LogP contribution in [0.3, 0.4) is 0 Å². The average Bonchev–Trinajstić information content (AvgIpc) is 2.82. The second-order valence-corrected chi connectivity index (χ2v) is 5.97. The van der Waals surface area contributed by atoms with Gasteiger partial charge in [0.1, 0.15) is 0 Å². The van der Waals surface area contributed by atoms with E-state index in [9.17, 15) is 4.21 Å². The standard InChI is InChI=1S/C13H19NO2S/c14-13(11-5-2-1-3-6-11)10-17(15)9-12-7-4-8-16-12/h1-3,5-6,12-13H,4,7-10,14H2. The molecule has 0 aliphatic carbocycles. The van der Waals surface area contributed by atoms with Crippen LogP contribution in [0.2, 0.25) is 0 Å². The molecule has 1 aromatic carbocycles. The van der Waals surface area contributed by atoms with Gasteiger partial charge >= 0.3 is 0 Å². The number of benzene rings is 1. The zero-order valence-electron chi connectivity index (χ0n) is 9.88. The molecule has 0 radical (unpaired) electrons. The Balaban J connectivity index is 1.81. The van der Waals surface area contributed by atoms with E-state index >= 15 is 0 Å².